The number of anilines is 1. The van der Waals surface area contributed by atoms with E-state index in [0.717, 1.165) is 13.1 Å². The summed E-state index contributed by atoms with van der Waals surface area (Å²) in [6.45, 7) is 8.26. The molecule has 1 saturated heterocycles. The zero-order chi connectivity index (χ0) is 14.2. The molecule has 112 valence electrons. The van der Waals surface area contributed by atoms with Crippen molar-refractivity contribution >= 4 is 5.69 Å². The van der Waals surface area contributed by atoms with Crippen LogP contribution in [0.15, 0.2) is 30.3 Å². The molecule has 1 atom stereocenters. The van der Waals surface area contributed by atoms with Crippen LogP contribution in [-0.4, -0.2) is 50.7 Å². The van der Waals surface area contributed by atoms with E-state index in [1.165, 1.54) is 44.6 Å². The van der Waals surface area contributed by atoms with E-state index in [4.69, 9.17) is 0 Å². The molecule has 2 rings (SSSR count). The summed E-state index contributed by atoms with van der Waals surface area (Å²) in [4.78, 5) is 5.11. The van der Waals surface area contributed by atoms with Crippen LogP contribution in [0.25, 0.3) is 0 Å². The monoisotopic (exact) mass is 275 g/mol. The molecule has 1 aliphatic heterocycles. The van der Waals surface area contributed by atoms with Crippen molar-refractivity contribution in [3.8, 4) is 0 Å². The average molecular weight is 275 g/mol. The molecule has 1 aliphatic rings. The van der Waals surface area contributed by atoms with Crippen LogP contribution in [0, 0.1) is 0 Å². The molecule has 1 fully saturated rings. The van der Waals surface area contributed by atoms with E-state index in [1.807, 2.05) is 7.05 Å². The van der Waals surface area contributed by atoms with Crippen molar-refractivity contribution < 1.29 is 0 Å². The van der Waals surface area contributed by atoms with Crippen LogP contribution in [0.2, 0.25) is 0 Å². The molecule has 0 saturated carbocycles. The van der Waals surface area contributed by atoms with E-state index in [2.05, 4.69) is 52.4 Å². The molecule has 1 aromatic carbocycles. The molecule has 0 radical (unpaired) electrons. The number of nitrogens with one attached hydrogen (secondary N) is 1. The van der Waals surface area contributed by atoms with E-state index in [0.29, 0.717) is 6.04 Å². The summed E-state index contributed by atoms with van der Waals surface area (Å²) >= 11 is 0. The van der Waals surface area contributed by atoms with Crippen molar-refractivity contribution in [2.45, 2.75) is 32.2 Å². The molecule has 1 aromatic rings. The van der Waals surface area contributed by atoms with E-state index in [1.54, 1.807) is 0 Å². The fraction of sp³-hybridized carbons (Fsp3) is 0.647. The van der Waals surface area contributed by atoms with Gasteiger partial charge in [-0.05, 0) is 45.5 Å². The molecular formula is C17H29N3. The first-order valence-electron chi connectivity index (χ1n) is 7.99. The molecule has 1 N–H and O–H groups in total. The van der Waals surface area contributed by atoms with E-state index in [9.17, 15) is 0 Å². The second-order valence-corrected chi connectivity index (χ2v) is 5.85. The highest BCUT2D eigenvalue weighted by Gasteiger charge is 2.16. The molecule has 3 heteroatoms. The third-order valence-corrected chi connectivity index (χ3v) is 4.35. The minimum atomic E-state index is 0.657. The Morgan fingerprint density at radius 2 is 1.75 bits per heavy atom. The van der Waals surface area contributed by atoms with Crippen LogP contribution in [-0.2, 0) is 0 Å². The molecule has 0 spiro atoms. The number of benzene rings is 1. The lowest BCUT2D eigenvalue weighted by atomic mass is 10.1. The Bertz CT molecular complexity index is 358. The van der Waals surface area contributed by atoms with Crippen LogP contribution in [0.5, 0.6) is 0 Å². The lowest BCUT2D eigenvalue weighted by molar-refractivity contribution is 0.251. The number of hydrogen-bond acceptors (Lipinski definition) is 3. The minimum Gasteiger partial charge on any atom is -0.369 e. The normalized spacial score (nSPS) is 18.2. The first kappa shape index (κ1) is 15.3. The second-order valence-electron chi connectivity index (χ2n) is 5.85. The summed E-state index contributed by atoms with van der Waals surface area (Å²) in [5, 5.41) is 3.31. The van der Waals surface area contributed by atoms with Crippen molar-refractivity contribution in [2.24, 2.45) is 0 Å². The zero-order valence-electron chi connectivity index (χ0n) is 13.0. The summed E-state index contributed by atoms with van der Waals surface area (Å²) in [5.74, 6) is 0. The van der Waals surface area contributed by atoms with E-state index < -0.39 is 0 Å². The Labute approximate surface area is 124 Å². The summed E-state index contributed by atoms with van der Waals surface area (Å²) in [6, 6.07) is 11.4. The molecule has 0 aromatic heterocycles. The van der Waals surface area contributed by atoms with Gasteiger partial charge in [0.1, 0.15) is 0 Å². The summed E-state index contributed by atoms with van der Waals surface area (Å²) in [5.41, 5.74) is 1.37. The highest BCUT2D eigenvalue weighted by Crippen LogP contribution is 2.15. The lowest BCUT2D eigenvalue weighted by Gasteiger charge is -2.36. The van der Waals surface area contributed by atoms with Gasteiger partial charge in [-0.15, -0.1) is 0 Å². The molecule has 0 bridgehead atoms. The molecule has 0 amide bonds. The number of hydrogen-bond donors (Lipinski definition) is 1. The number of nitrogens with zero attached hydrogens (tertiary/aromatic N) is 2. The predicted molar refractivity (Wildman–Crippen MR) is 87.5 cm³/mol. The smallest absolute Gasteiger partial charge is 0.0367 e. The molecule has 1 unspecified atom stereocenters. The largest absolute Gasteiger partial charge is 0.369 e. The maximum atomic E-state index is 3.31. The number of piperazine rings is 1. The van der Waals surface area contributed by atoms with Gasteiger partial charge in [0.05, 0.1) is 0 Å². The quantitative estimate of drug-likeness (QED) is 0.772. The van der Waals surface area contributed by atoms with Crippen molar-refractivity contribution in [3.63, 3.8) is 0 Å². The Balaban J connectivity index is 1.62. The van der Waals surface area contributed by atoms with Crippen molar-refractivity contribution in [3.05, 3.63) is 30.3 Å². The highest BCUT2D eigenvalue weighted by atomic mass is 15.3. The zero-order valence-corrected chi connectivity index (χ0v) is 13.0. The van der Waals surface area contributed by atoms with Crippen LogP contribution >= 0.6 is 0 Å². The van der Waals surface area contributed by atoms with Gasteiger partial charge >= 0.3 is 0 Å². The number of para-hydroxylation sites is 1. The third kappa shape index (κ3) is 4.80. The minimum absolute atomic E-state index is 0.657. The molecule has 20 heavy (non-hydrogen) atoms. The first-order valence-corrected chi connectivity index (χ1v) is 7.99. The van der Waals surface area contributed by atoms with Crippen molar-refractivity contribution in [2.75, 3.05) is 44.7 Å². The Hall–Kier alpha value is -1.06. The Kier molecular flexibility index (Phi) is 6.34. The van der Waals surface area contributed by atoms with E-state index in [-0.39, 0.29) is 0 Å². The van der Waals surface area contributed by atoms with Crippen LogP contribution in [0.4, 0.5) is 5.69 Å². The molecular weight excluding hydrogens is 246 g/mol. The lowest BCUT2D eigenvalue weighted by Crippen LogP contribution is -2.46. The standard InChI is InChI=1S/C17H29N3/c1-16(18-2)8-6-7-11-19-12-14-20(15-13-19)17-9-4-3-5-10-17/h3-5,9-10,16,18H,6-8,11-15H2,1-2H3. The van der Waals surface area contributed by atoms with Gasteiger partial charge in [-0.3, -0.25) is 4.90 Å². The summed E-state index contributed by atoms with van der Waals surface area (Å²) in [7, 11) is 2.05. The van der Waals surface area contributed by atoms with Gasteiger partial charge in [0.15, 0.2) is 0 Å². The Morgan fingerprint density at radius 3 is 2.40 bits per heavy atom. The van der Waals surface area contributed by atoms with Gasteiger partial charge in [-0.25, -0.2) is 0 Å². The van der Waals surface area contributed by atoms with Crippen LogP contribution in [0.1, 0.15) is 26.2 Å². The van der Waals surface area contributed by atoms with Crippen molar-refractivity contribution in [1.29, 1.82) is 0 Å². The number of rotatable bonds is 7. The van der Waals surface area contributed by atoms with Crippen LogP contribution < -0.4 is 10.2 Å². The van der Waals surface area contributed by atoms with Gasteiger partial charge < -0.3 is 10.2 Å². The van der Waals surface area contributed by atoms with Gasteiger partial charge in [0.2, 0.25) is 0 Å². The molecule has 1 heterocycles. The summed E-state index contributed by atoms with van der Waals surface area (Å²) in [6.07, 6.45) is 3.96. The van der Waals surface area contributed by atoms with Crippen molar-refractivity contribution in [1.82, 2.24) is 10.2 Å². The number of unbranched alkanes of at least 4 members (excludes halogenated alkanes) is 1. The average Bonchev–Trinajstić information content (AvgIpc) is 2.52. The Morgan fingerprint density at radius 1 is 1.05 bits per heavy atom. The van der Waals surface area contributed by atoms with Gasteiger partial charge in [0, 0.05) is 37.9 Å². The maximum Gasteiger partial charge on any atom is 0.0367 e. The first-order chi connectivity index (χ1) is 9.79. The van der Waals surface area contributed by atoms with E-state index >= 15 is 0 Å². The topological polar surface area (TPSA) is 18.5 Å². The predicted octanol–water partition coefficient (Wildman–Crippen LogP) is 2.59. The van der Waals surface area contributed by atoms with Gasteiger partial charge in [-0.1, -0.05) is 24.6 Å². The molecule has 3 nitrogen and oxygen atoms in total. The second kappa shape index (κ2) is 8.28. The molecule has 0 aliphatic carbocycles. The van der Waals surface area contributed by atoms with Gasteiger partial charge in [0.25, 0.3) is 0 Å². The fourth-order valence-electron chi connectivity index (χ4n) is 2.80. The third-order valence-electron chi connectivity index (χ3n) is 4.35. The SMILES string of the molecule is CNC(C)CCCCN1CCN(c2ccccc2)CC1. The highest BCUT2D eigenvalue weighted by molar-refractivity contribution is 5.46. The van der Waals surface area contributed by atoms with Gasteiger partial charge in [-0.2, -0.15) is 0 Å². The maximum absolute atomic E-state index is 3.31. The van der Waals surface area contributed by atoms with Crippen LogP contribution in [0.3, 0.4) is 0 Å². The fourth-order valence-corrected chi connectivity index (χ4v) is 2.80. The summed E-state index contributed by atoms with van der Waals surface area (Å²) < 4.78 is 0.